The van der Waals surface area contributed by atoms with Gasteiger partial charge in [0.1, 0.15) is 19.2 Å². The maximum Gasteiger partial charge on any atom is 0.322 e. The van der Waals surface area contributed by atoms with Gasteiger partial charge in [-0.1, -0.05) is 80.6 Å². The zero-order valence-corrected chi connectivity index (χ0v) is 27.6. The second kappa shape index (κ2) is 20.5. The number of amides is 3. The number of nitrogens with one attached hydrogen (secondary N) is 3. The minimum atomic E-state index is -1.39. The molecule has 4 atom stereocenters. The molecule has 0 bridgehead atoms. The van der Waals surface area contributed by atoms with Crippen LogP contribution in [0.4, 0.5) is 0 Å². The molecule has 0 unspecified atom stereocenters. The standard InChI is InChI=1S/C35H41N3O12/c1-21(2)26(35(49)37-25(17-30(43)44)13-14-28(40)36-19-31(45)46)18-27(39)33(23-11-7-4-8-12-23)38-34(48)24(15-29(41)42)16-32(47)50-20-22-9-5-3-6-10-22/h3-14,21,24-26,33H,15-20H2,1-2H3,(H,36,40)(H,37,49)(H,38,48)(H,41,42)(H,43,44)(H,45,46)/b14-13+/t24-,25-,26+,33+/m1/s1. The Morgan fingerprint density at radius 3 is 1.88 bits per heavy atom. The molecule has 0 aliphatic carbocycles. The van der Waals surface area contributed by atoms with E-state index in [1.54, 1.807) is 74.5 Å². The maximum absolute atomic E-state index is 13.8. The molecule has 268 valence electrons. The average Bonchev–Trinajstić information content (AvgIpc) is 3.06. The molecular weight excluding hydrogens is 654 g/mol. The summed E-state index contributed by atoms with van der Waals surface area (Å²) in [6.45, 7) is 2.54. The van der Waals surface area contributed by atoms with Crippen LogP contribution in [-0.4, -0.2) is 75.3 Å². The normalized spacial score (nSPS) is 13.3. The number of carbonyl (C=O) groups excluding carboxylic acids is 5. The molecule has 6 N–H and O–H groups in total. The van der Waals surface area contributed by atoms with Gasteiger partial charge >= 0.3 is 23.9 Å². The van der Waals surface area contributed by atoms with Gasteiger partial charge in [-0.05, 0) is 17.0 Å². The predicted molar refractivity (Wildman–Crippen MR) is 176 cm³/mol. The summed E-state index contributed by atoms with van der Waals surface area (Å²) in [4.78, 5) is 98.9. The Kier molecular flexibility index (Phi) is 16.5. The number of hydrogen-bond donors (Lipinski definition) is 6. The number of aliphatic carboxylic acids is 3. The second-order valence-corrected chi connectivity index (χ2v) is 11.7. The van der Waals surface area contributed by atoms with E-state index in [9.17, 15) is 48.6 Å². The minimum Gasteiger partial charge on any atom is -0.481 e. The second-order valence-electron chi connectivity index (χ2n) is 11.7. The third kappa shape index (κ3) is 14.9. The number of hydrogen-bond acceptors (Lipinski definition) is 9. The van der Waals surface area contributed by atoms with Crippen LogP contribution in [0.15, 0.2) is 72.8 Å². The molecule has 0 saturated heterocycles. The summed E-state index contributed by atoms with van der Waals surface area (Å²) in [5.74, 6) is -10.8. The lowest BCUT2D eigenvalue weighted by atomic mass is 9.86. The van der Waals surface area contributed by atoms with Crippen LogP contribution in [0.1, 0.15) is 56.7 Å². The summed E-state index contributed by atoms with van der Waals surface area (Å²) in [7, 11) is 0. The number of ether oxygens (including phenoxy) is 1. The van der Waals surface area contributed by atoms with Crippen LogP contribution in [0.3, 0.4) is 0 Å². The monoisotopic (exact) mass is 695 g/mol. The molecule has 2 aromatic rings. The van der Waals surface area contributed by atoms with E-state index >= 15 is 0 Å². The van der Waals surface area contributed by atoms with Crippen molar-refractivity contribution >= 4 is 47.4 Å². The highest BCUT2D eigenvalue weighted by Gasteiger charge is 2.34. The summed E-state index contributed by atoms with van der Waals surface area (Å²) in [5, 5.41) is 34.6. The number of carboxylic acid groups (broad SMARTS) is 3. The first-order chi connectivity index (χ1) is 23.7. The van der Waals surface area contributed by atoms with Crippen molar-refractivity contribution in [3.05, 3.63) is 83.9 Å². The fourth-order valence-electron chi connectivity index (χ4n) is 4.76. The van der Waals surface area contributed by atoms with E-state index in [1.165, 1.54) is 0 Å². The fraction of sp³-hybridized carbons (Fsp3) is 0.371. The minimum absolute atomic E-state index is 0.0914. The summed E-state index contributed by atoms with van der Waals surface area (Å²) in [5.41, 5.74) is 1.01. The number of carbonyl (C=O) groups is 8. The van der Waals surface area contributed by atoms with Crippen LogP contribution in [0.25, 0.3) is 0 Å². The van der Waals surface area contributed by atoms with Crippen molar-refractivity contribution < 1.29 is 58.4 Å². The first-order valence-electron chi connectivity index (χ1n) is 15.7. The highest BCUT2D eigenvalue weighted by atomic mass is 16.5. The molecule has 50 heavy (non-hydrogen) atoms. The average molecular weight is 696 g/mol. The smallest absolute Gasteiger partial charge is 0.322 e. The van der Waals surface area contributed by atoms with E-state index in [0.29, 0.717) is 11.1 Å². The van der Waals surface area contributed by atoms with Crippen LogP contribution in [0.5, 0.6) is 0 Å². The quantitative estimate of drug-likeness (QED) is 0.0812. The number of benzene rings is 2. The first kappa shape index (κ1) is 40.3. The van der Waals surface area contributed by atoms with Crippen LogP contribution in [-0.2, 0) is 49.7 Å². The van der Waals surface area contributed by atoms with Crippen LogP contribution in [0.2, 0.25) is 0 Å². The van der Waals surface area contributed by atoms with E-state index in [0.717, 1.165) is 12.2 Å². The summed E-state index contributed by atoms with van der Waals surface area (Å²) < 4.78 is 5.23. The molecule has 0 aliphatic heterocycles. The number of carboxylic acids is 3. The topological polar surface area (TPSA) is 243 Å². The predicted octanol–water partition coefficient (Wildman–Crippen LogP) is 2.02. The molecule has 15 heteroatoms. The van der Waals surface area contributed by atoms with Crippen LogP contribution < -0.4 is 16.0 Å². The molecule has 0 saturated carbocycles. The summed E-state index contributed by atoms with van der Waals surface area (Å²) >= 11 is 0. The van der Waals surface area contributed by atoms with Crippen molar-refractivity contribution in [1.82, 2.24) is 16.0 Å². The van der Waals surface area contributed by atoms with E-state index in [2.05, 4.69) is 16.0 Å². The largest absolute Gasteiger partial charge is 0.481 e. The van der Waals surface area contributed by atoms with Gasteiger partial charge in [0, 0.05) is 18.4 Å². The third-order valence-electron chi connectivity index (χ3n) is 7.37. The molecular formula is C35H41N3O12. The van der Waals surface area contributed by atoms with Gasteiger partial charge in [0.25, 0.3) is 0 Å². The lowest BCUT2D eigenvalue weighted by Gasteiger charge is -2.26. The molecule has 15 nitrogen and oxygen atoms in total. The molecule has 0 fully saturated rings. The Morgan fingerprint density at radius 2 is 1.32 bits per heavy atom. The molecule has 3 amide bonds. The van der Waals surface area contributed by atoms with E-state index in [-0.39, 0.29) is 6.61 Å². The van der Waals surface area contributed by atoms with Crippen LogP contribution >= 0.6 is 0 Å². The fourth-order valence-corrected chi connectivity index (χ4v) is 4.76. The van der Waals surface area contributed by atoms with Gasteiger partial charge in [0.05, 0.1) is 31.2 Å². The Morgan fingerprint density at radius 1 is 0.720 bits per heavy atom. The van der Waals surface area contributed by atoms with Gasteiger partial charge in [-0.25, -0.2) is 0 Å². The summed E-state index contributed by atoms with van der Waals surface area (Å²) in [6, 6.07) is 14.2. The van der Waals surface area contributed by atoms with Crippen molar-refractivity contribution in [2.75, 3.05) is 6.54 Å². The number of Topliss-reactive ketones (excluding diaryl/α,β-unsaturated/α-hetero) is 1. The lowest BCUT2D eigenvalue weighted by Crippen LogP contribution is -2.44. The molecule has 2 rings (SSSR count). The van der Waals surface area contributed by atoms with E-state index in [1.807, 2.05) is 0 Å². The van der Waals surface area contributed by atoms with Gasteiger partial charge in [-0.15, -0.1) is 0 Å². The zero-order chi connectivity index (χ0) is 37.2. The van der Waals surface area contributed by atoms with Gasteiger partial charge in [0.15, 0.2) is 5.78 Å². The van der Waals surface area contributed by atoms with Crippen molar-refractivity contribution in [2.24, 2.45) is 17.8 Å². The van der Waals surface area contributed by atoms with Crippen molar-refractivity contribution in [3.63, 3.8) is 0 Å². The molecule has 0 aromatic heterocycles. The highest BCUT2D eigenvalue weighted by Crippen LogP contribution is 2.24. The number of esters is 1. The van der Waals surface area contributed by atoms with Crippen LogP contribution in [0, 0.1) is 17.8 Å². The molecule has 2 aromatic carbocycles. The van der Waals surface area contributed by atoms with Crippen molar-refractivity contribution in [1.29, 1.82) is 0 Å². The SMILES string of the molecule is CC(C)[C@H](CC(=O)[C@@H](NC(=O)[C@H](CC(=O)O)CC(=O)OCc1ccccc1)c1ccccc1)C(=O)N[C@H](/C=C/C(=O)NCC(=O)O)CC(=O)O. The highest BCUT2D eigenvalue weighted by molar-refractivity contribution is 5.95. The van der Waals surface area contributed by atoms with Crippen molar-refractivity contribution in [3.8, 4) is 0 Å². The number of ketones is 1. The van der Waals surface area contributed by atoms with Gasteiger partial charge in [-0.2, -0.15) is 0 Å². The molecule has 0 radical (unpaired) electrons. The summed E-state index contributed by atoms with van der Waals surface area (Å²) in [6.07, 6.45) is -0.402. The van der Waals surface area contributed by atoms with Gasteiger partial charge in [0.2, 0.25) is 17.7 Å². The van der Waals surface area contributed by atoms with E-state index in [4.69, 9.17) is 9.84 Å². The molecule has 0 spiro atoms. The van der Waals surface area contributed by atoms with Crippen molar-refractivity contribution in [2.45, 2.75) is 58.2 Å². The maximum atomic E-state index is 13.8. The Hall–Kier alpha value is -5.86. The Balaban J connectivity index is 2.24. The van der Waals surface area contributed by atoms with Gasteiger partial charge < -0.3 is 36.0 Å². The molecule has 0 heterocycles. The van der Waals surface area contributed by atoms with Gasteiger partial charge in [-0.3, -0.25) is 38.4 Å². The Bertz CT molecular complexity index is 1540. The first-order valence-corrected chi connectivity index (χ1v) is 15.7. The molecule has 0 aliphatic rings. The zero-order valence-electron chi connectivity index (χ0n) is 27.6. The Labute approximate surface area is 288 Å². The third-order valence-corrected chi connectivity index (χ3v) is 7.37. The number of rotatable bonds is 21. The van der Waals surface area contributed by atoms with E-state index < -0.39 is 109 Å². The lowest BCUT2D eigenvalue weighted by molar-refractivity contribution is -0.150.